The van der Waals surface area contributed by atoms with Crippen molar-refractivity contribution in [3.05, 3.63) is 29.3 Å². The van der Waals surface area contributed by atoms with Crippen LogP contribution in [-0.4, -0.2) is 76.6 Å². The third-order valence-corrected chi connectivity index (χ3v) is 3.93. The number of primary amides is 1. The second-order valence-corrected chi connectivity index (χ2v) is 5.51. The molecule has 2 amide bonds. The summed E-state index contributed by atoms with van der Waals surface area (Å²) in [6.07, 6.45) is -5.86. The van der Waals surface area contributed by atoms with Crippen molar-refractivity contribution in [2.24, 2.45) is 5.73 Å². The van der Waals surface area contributed by atoms with Gasteiger partial charge < -0.3 is 41.0 Å². The lowest BCUT2D eigenvalue weighted by molar-refractivity contribution is -0.252. The van der Waals surface area contributed by atoms with Crippen LogP contribution in [0.5, 0.6) is 5.75 Å². The maximum Gasteiger partial charge on any atom is 0.252 e. The summed E-state index contributed by atoms with van der Waals surface area (Å²) in [7, 11) is 1.30. The molecular weight excluding hydrogens is 336 g/mol. The Morgan fingerprint density at radius 1 is 1.28 bits per heavy atom. The Morgan fingerprint density at radius 2 is 1.96 bits per heavy atom. The van der Waals surface area contributed by atoms with Gasteiger partial charge in [-0.15, -0.1) is 0 Å². The van der Waals surface area contributed by atoms with Gasteiger partial charge in [0.2, 0.25) is 0 Å². The number of amides is 2. The molecular formula is C15H20N2O8. The molecule has 1 aromatic rings. The van der Waals surface area contributed by atoms with Crippen molar-refractivity contribution in [1.82, 2.24) is 5.32 Å². The number of hydrogen-bond acceptors (Lipinski definition) is 8. The molecule has 0 saturated carbocycles. The van der Waals surface area contributed by atoms with E-state index < -0.39 is 49.1 Å². The lowest BCUT2D eigenvalue weighted by atomic mass is 9.96. The number of ether oxygens (including phenoxy) is 2. The van der Waals surface area contributed by atoms with Gasteiger partial charge in [0.05, 0.1) is 19.3 Å². The zero-order valence-corrected chi connectivity index (χ0v) is 13.3. The predicted molar refractivity (Wildman–Crippen MR) is 82.7 cm³/mol. The normalized spacial score (nSPS) is 29.1. The largest absolute Gasteiger partial charge is 0.496 e. The van der Waals surface area contributed by atoms with Gasteiger partial charge in [0.25, 0.3) is 11.8 Å². The quantitative estimate of drug-likeness (QED) is 0.331. The molecule has 10 heteroatoms. The van der Waals surface area contributed by atoms with E-state index in [4.69, 9.17) is 20.3 Å². The van der Waals surface area contributed by atoms with Crippen molar-refractivity contribution in [1.29, 1.82) is 0 Å². The number of aliphatic hydroxyl groups excluding tert-OH is 4. The maximum atomic E-state index is 12.3. The van der Waals surface area contributed by atoms with Gasteiger partial charge in [0.15, 0.2) is 6.29 Å². The highest BCUT2D eigenvalue weighted by Crippen LogP contribution is 2.22. The average Bonchev–Trinajstić information content (AvgIpc) is 2.60. The van der Waals surface area contributed by atoms with Crippen LogP contribution in [0, 0.1) is 0 Å². The molecule has 0 aromatic heterocycles. The number of nitrogens with one attached hydrogen (secondary N) is 1. The van der Waals surface area contributed by atoms with Crippen LogP contribution >= 0.6 is 0 Å². The summed E-state index contributed by atoms with van der Waals surface area (Å²) in [5, 5.41) is 41.1. The molecule has 0 spiro atoms. The summed E-state index contributed by atoms with van der Waals surface area (Å²) in [6.45, 7) is -0.609. The fourth-order valence-corrected chi connectivity index (χ4v) is 2.52. The Hall–Kier alpha value is -2.24. The summed E-state index contributed by atoms with van der Waals surface area (Å²) in [5.41, 5.74) is 5.35. The van der Waals surface area contributed by atoms with E-state index in [1.54, 1.807) is 0 Å². The molecule has 1 heterocycles. The Bertz CT molecular complexity index is 652. The topological polar surface area (TPSA) is 172 Å². The number of carbonyl (C=O) groups is 2. The minimum atomic E-state index is -1.63. The van der Waals surface area contributed by atoms with E-state index in [0.29, 0.717) is 0 Å². The van der Waals surface area contributed by atoms with Crippen molar-refractivity contribution >= 4 is 11.8 Å². The van der Waals surface area contributed by atoms with Gasteiger partial charge in [0, 0.05) is 5.56 Å². The fourth-order valence-electron chi connectivity index (χ4n) is 2.52. The maximum absolute atomic E-state index is 12.3. The Balaban J connectivity index is 2.17. The number of rotatable bonds is 5. The fraction of sp³-hybridized carbons (Fsp3) is 0.467. The monoisotopic (exact) mass is 356 g/mol. The van der Waals surface area contributed by atoms with Crippen molar-refractivity contribution < 1.29 is 39.5 Å². The van der Waals surface area contributed by atoms with Gasteiger partial charge in [-0.05, 0) is 18.2 Å². The third kappa shape index (κ3) is 3.89. The minimum absolute atomic E-state index is 0.0695. The van der Waals surface area contributed by atoms with E-state index in [1.165, 1.54) is 25.3 Å². The number of nitrogens with two attached hydrogens (primary N) is 1. The predicted octanol–water partition coefficient (Wildman–Crippen LogP) is -2.68. The van der Waals surface area contributed by atoms with Crippen molar-refractivity contribution in [2.75, 3.05) is 13.7 Å². The molecule has 0 radical (unpaired) electrons. The summed E-state index contributed by atoms with van der Waals surface area (Å²) < 4.78 is 9.96. The van der Waals surface area contributed by atoms with Gasteiger partial charge in [-0.25, -0.2) is 0 Å². The standard InChI is InChI=1S/C15H20N2O8/c1-24-8-4-6(2-3-7(8)13(16)21)14(22)17-10-12(20)11(19)9(5-18)25-15(10)23/h2-4,9-12,15,18-20,23H,5H2,1H3,(H2,16,21)(H,17,22)/t9-,10-,11-,12-,15+/m1/s1. The van der Waals surface area contributed by atoms with Crippen molar-refractivity contribution in [2.45, 2.75) is 30.6 Å². The van der Waals surface area contributed by atoms with Crippen LogP contribution in [0.25, 0.3) is 0 Å². The molecule has 1 aromatic carbocycles. The van der Waals surface area contributed by atoms with E-state index in [-0.39, 0.29) is 16.9 Å². The average molecular weight is 356 g/mol. The van der Waals surface area contributed by atoms with Crippen LogP contribution in [0.1, 0.15) is 20.7 Å². The first kappa shape index (κ1) is 19.1. The van der Waals surface area contributed by atoms with Crippen LogP contribution in [0.15, 0.2) is 18.2 Å². The summed E-state index contributed by atoms with van der Waals surface area (Å²) in [5.74, 6) is -1.36. The van der Waals surface area contributed by atoms with E-state index >= 15 is 0 Å². The van der Waals surface area contributed by atoms with Crippen LogP contribution < -0.4 is 15.8 Å². The summed E-state index contributed by atoms with van der Waals surface area (Å²) in [4.78, 5) is 23.6. The highest BCUT2D eigenvalue weighted by atomic mass is 16.6. The number of methoxy groups -OCH3 is 1. The highest BCUT2D eigenvalue weighted by Gasteiger charge is 2.44. The molecule has 0 unspecified atom stereocenters. The zero-order chi connectivity index (χ0) is 18.7. The molecule has 0 aliphatic carbocycles. The lowest BCUT2D eigenvalue weighted by Crippen LogP contribution is -2.64. The van der Waals surface area contributed by atoms with Gasteiger partial charge in [-0.2, -0.15) is 0 Å². The van der Waals surface area contributed by atoms with Crippen LogP contribution in [0.2, 0.25) is 0 Å². The van der Waals surface area contributed by atoms with Gasteiger partial charge in [0.1, 0.15) is 30.1 Å². The zero-order valence-electron chi connectivity index (χ0n) is 13.3. The molecule has 7 N–H and O–H groups in total. The molecule has 0 bridgehead atoms. The second kappa shape index (κ2) is 7.76. The Kier molecular flexibility index (Phi) is 5.93. The molecule has 1 saturated heterocycles. The number of carbonyl (C=O) groups excluding carboxylic acids is 2. The van der Waals surface area contributed by atoms with Crippen molar-refractivity contribution in [3.8, 4) is 5.75 Å². The smallest absolute Gasteiger partial charge is 0.252 e. The molecule has 5 atom stereocenters. The van der Waals surface area contributed by atoms with E-state index in [1.807, 2.05) is 0 Å². The van der Waals surface area contributed by atoms with Gasteiger partial charge in [-0.1, -0.05) is 0 Å². The van der Waals surface area contributed by atoms with E-state index in [0.717, 1.165) is 0 Å². The van der Waals surface area contributed by atoms with Crippen LogP contribution in [-0.2, 0) is 4.74 Å². The van der Waals surface area contributed by atoms with Gasteiger partial charge in [-0.3, -0.25) is 9.59 Å². The molecule has 2 rings (SSSR count). The number of aliphatic hydroxyl groups is 4. The van der Waals surface area contributed by atoms with E-state index in [2.05, 4.69) is 5.32 Å². The molecule has 1 fully saturated rings. The van der Waals surface area contributed by atoms with Gasteiger partial charge >= 0.3 is 0 Å². The Morgan fingerprint density at radius 3 is 2.52 bits per heavy atom. The summed E-state index contributed by atoms with van der Waals surface area (Å²) >= 11 is 0. The lowest BCUT2D eigenvalue weighted by Gasteiger charge is -2.40. The SMILES string of the molecule is COc1cc(C(=O)N[C@@H]2[C@@H](O)[C@H](O)[C@@H](CO)O[C@@H]2O)ccc1C(N)=O. The molecule has 10 nitrogen and oxygen atoms in total. The minimum Gasteiger partial charge on any atom is -0.496 e. The first-order chi connectivity index (χ1) is 11.8. The van der Waals surface area contributed by atoms with Crippen LogP contribution in [0.4, 0.5) is 0 Å². The van der Waals surface area contributed by atoms with E-state index in [9.17, 15) is 24.9 Å². The number of benzene rings is 1. The molecule has 1 aliphatic heterocycles. The Labute approximate surface area is 142 Å². The van der Waals surface area contributed by atoms with Crippen LogP contribution in [0.3, 0.4) is 0 Å². The summed E-state index contributed by atoms with van der Waals surface area (Å²) in [6, 6.07) is 2.56. The van der Waals surface area contributed by atoms with Crippen molar-refractivity contribution in [3.63, 3.8) is 0 Å². The highest BCUT2D eigenvalue weighted by molar-refractivity contribution is 5.99. The first-order valence-corrected chi connectivity index (χ1v) is 7.39. The molecule has 138 valence electrons. The molecule has 25 heavy (non-hydrogen) atoms. The first-order valence-electron chi connectivity index (χ1n) is 7.39. The second-order valence-electron chi connectivity index (χ2n) is 5.51. The molecule has 1 aliphatic rings. The third-order valence-electron chi connectivity index (χ3n) is 3.93. The number of hydrogen-bond donors (Lipinski definition) is 6.